The van der Waals surface area contributed by atoms with Gasteiger partial charge < -0.3 is 9.64 Å². The fourth-order valence-corrected chi connectivity index (χ4v) is 4.08. The molecule has 0 saturated carbocycles. The zero-order valence-electron chi connectivity index (χ0n) is 18.7. The Morgan fingerprint density at radius 1 is 1.09 bits per heavy atom. The molecule has 0 saturated heterocycles. The van der Waals surface area contributed by atoms with Crippen molar-refractivity contribution in [1.82, 2.24) is 14.5 Å². The van der Waals surface area contributed by atoms with E-state index in [0.29, 0.717) is 45.3 Å². The molecule has 0 aliphatic rings. The summed E-state index contributed by atoms with van der Waals surface area (Å²) in [5.74, 6) is 0.995. The highest BCUT2D eigenvalue weighted by atomic mass is 35.5. The Balaban J connectivity index is 1.92. The molecule has 7 heteroatoms. The number of ether oxygens (including phenoxy) is 1. The van der Waals surface area contributed by atoms with Gasteiger partial charge in [-0.05, 0) is 68.4 Å². The van der Waals surface area contributed by atoms with E-state index in [1.165, 1.54) is 0 Å². The van der Waals surface area contributed by atoms with Crippen LogP contribution in [0.5, 0.6) is 5.75 Å². The maximum absolute atomic E-state index is 13.6. The number of benzene rings is 3. The zero-order valence-corrected chi connectivity index (χ0v) is 19.4. The summed E-state index contributed by atoms with van der Waals surface area (Å²) in [7, 11) is 1.59. The fourth-order valence-electron chi connectivity index (χ4n) is 3.92. The van der Waals surface area contributed by atoms with Crippen LogP contribution in [0.2, 0.25) is 5.02 Å². The number of amides is 1. The van der Waals surface area contributed by atoms with Gasteiger partial charge in [-0.1, -0.05) is 29.8 Å². The second kappa shape index (κ2) is 9.46. The van der Waals surface area contributed by atoms with Gasteiger partial charge in [-0.25, -0.2) is 4.98 Å². The molecule has 4 aromatic rings. The Hall–Kier alpha value is -3.64. The van der Waals surface area contributed by atoms with Crippen LogP contribution in [0.15, 0.2) is 77.6 Å². The number of carbonyl (C=O) groups excluding carboxylic acids is 1. The highest BCUT2D eigenvalue weighted by Gasteiger charge is 2.26. The van der Waals surface area contributed by atoms with Gasteiger partial charge in [0.1, 0.15) is 11.6 Å². The predicted octanol–water partition coefficient (Wildman–Crippen LogP) is 5.27. The number of aromatic nitrogens is 2. The van der Waals surface area contributed by atoms with E-state index in [4.69, 9.17) is 21.3 Å². The molecule has 0 radical (unpaired) electrons. The second-order valence-corrected chi connectivity index (χ2v) is 8.04. The molecule has 3 aromatic carbocycles. The first-order chi connectivity index (χ1) is 15.9. The third-order valence-electron chi connectivity index (χ3n) is 5.65. The van der Waals surface area contributed by atoms with E-state index in [1.807, 2.05) is 32.0 Å². The monoisotopic (exact) mass is 461 g/mol. The number of fused-ring (bicyclic) bond motifs is 1. The standard InChI is InChI=1S/C26H24ClN3O3/c1-4-29(25(31)18-8-6-5-7-9-18)17(2)24-28-23-16-19(27)10-15-22(23)26(32)30(24)20-11-13-21(33-3)14-12-20/h5-17H,4H2,1-3H3. The van der Waals surface area contributed by atoms with Crippen molar-refractivity contribution < 1.29 is 9.53 Å². The van der Waals surface area contributed by atoms with Gasteiger partial charge in [-0.15, -0.1) is 0 Å². The molecule has 0 aliphatic carbocycles. The van der Waals surface area contributed by atoms with Gasteiger partial charge >= 0.3 is 0 Å². The number of hydrogen-bond donors (Lipinski definition) is 0. The van der Waals surface area contributed by atoms with E-state index in [1.54, 1.807) is 71.2 Å². The van der Waals surface area contributed by atoms with E-state index < -0.39 is 6.04 Å². The minimum absolute atomic E-state index is 0.132. The maximum atomic E-state index is 13.6. The van der Waals surface area contributed by atoms with Gasteiger partial charge in [0.25, 0.3) is 11.5 Å². The number of halogens is 1. The minimum atomic E-state index is -0.485. The van der Waals surface area contributed by atoms with Crippen molar-refractivity contribution >= 4 is 28.4 Å². The first kappa shape index (κ1) is 22.6. The van der Waals surface area contributed by atoms with Gasteiger partial charge in [-0.3, -0.25) is 14.2 Å². The Kier molecular flexibility index (Phi) is 6.47. The van der Waals surface area contributed by atoms with Crippen LogP contribution in [0.25, 0.3) is 16.6 Å². The molecule has 0 fully saturated rings. The van der Waals surface area contributed by atoms with Crippen molar-refractivity contribution in [2.24, 2.45) is 0 Å². The minimum Gasteiger partial charge on any atom is -0.497 e. The summed E-state index contributed by atoms with van der Waals surface area (Å²) in [4.78, 5) is 33.4. The SMILES string of the molecule is CCN(C(=O)c1ccccc1)C(C)c1nc2cc(Cl)ccc2c(=O)n1-c1ccc(OC)cc1. The molecule has 0 spiro atoms. The zero-order chi connectivity index (χ0) is 23.5. The lowest BCUT2D eigenvalue weighted by Crippen LogP contribution is -2.37. The molecule has 4 rings (SSSR count). The molecular weight excluding hydrogens is 438 g/mol. The van der Waals surface area contributed by atoms with Gasteiger partial charge in [0.05, 0.1) is 29.7 Å². The molecule has 1 unspecified atom stereocenters. The summed E-state index contributed by atoms with van der Waals surface area (Å²) < 4.78 is 6.82. The van der Waals surface area contributed by atoms with Crippen LogP contribution in [-0.4, -0.2) is 34.0 Å². The molecular formula is C26H24ClN3O3. The average Bonchev–Trinajstić information content (AvgIpc) is 2.84. The summed E-state index contributed by atoms with van der Waals surface area (Å²) in [5, 5.41) is 0.937. The van der Waals surface area contributed by atoms with Crippen LogP contribution < -0.4 is 10.3 Å². The second-order valence-electron chi connectivity index (χ2n) is 7.60. The molecule has 0 bridgehead atoms. The molecule has 1 aromatic heterocycles. The molecule has 6 nitrogen and oxygen atoms in total. The molecule has 33 heavy (non-hydrogen) atoms. The maximum Gasteiger partial charge on any atom is 0.266 e. The van der Waals surface area contributed by atoms with Crippen molar-refractivity contribution in [3.63, 3.8) is 0 Å². The van der Waals surface area contributed by atoms with E-state index in [9.17, 15) is 9.59 Å². The van der Waals surface area contributed by atoms with Crippen LogP contribution in [0.3, 0.4) is 0 Å². The van der Waals surface area contributed by atoms with Crippen molar-refractivity contribution in [2.75, 3.05) is 13.7 Å². The largest absolute Gasteiger partial charge is 0.497 e. The Morgan fingerprint density at radius 2 is 1.79 bits per heavy atom. The van der Waals surface area contributed by atoms with Gasteiger partial charge in [0.15, 0.2) is 0 Å². The van der Waals surface area contributed by atoms with Crippen LogP contribution in [0.4, 0.5) is 0 Å². The number of rotatable bonds is 6. The lowest BCUT2D eigenvalue weighted by Gasteiger charge is -2.29. The van der Waals surface area contributed by atoms with Crippen LogP contribution in [0, 0.1) is 0 Å². The van der Waals surface area contributed by atoms with E-state index >= 15 is 0 Å². The molecule has 0 N–H and O–H groups in total. The Bertz CT molecular complexity index is 1350. The number of methoxy groups -OCH3 is 1. The smallest absolute Gasteiger partial charge is 0.266 e. The van der Waals surface area contributed by atoms with Gasteiger partial charge in [0.2, 0.25) is 0 Å². The normalized spacial score (nSPS) is 11.9. The first-order valence-corrected chi connectivity index (χ1v) is 11.0. The van der Waals surface area contributed by atoms with Crippen molar-refractivity contribution in [3.8, 4) is 11.4 Å². The Morgan fingerprint density at radius 3 is 2.42 bits per heavy atom. The lowest BCUT2D eigenvalue weighted by molar-refractivity contribution is 0.0693. The molecule has 1 atom stereocenters. The number of hydrogen-bond acceptors (Lipinski definition) is 4. The molecule has 168 valence electrons. The number of carbonyl (C=O) groups is 1. The fraction of sp³-hybridized carbons (Fsp3) is 0.192. The van der Waals surface area contributed by atoms with Crippen LogP contribution in [-0.2, 0) is 0 Å². The van der Waals surface area contributed by atoms with Crippen LogP contribution in [0.1, 0.15) is 36.1 Å². The highest BCUT2D eigenvalue weighted by molar-refractivity contribution is 6.31. The quantitative estimate of drug-likeness (QED) is 0.392. The summed E-state index contributed by atoms with van der Waals surface area (Å²) in [6.07, 6.45) is 0. The Labute approximate surface area is 197 Å². The first-order valence-electron chi connectivity index (χ1n) is 10.7. The van der Waals surface area contributed by atoms with Crippen molar-refractivity contribution in [1.29, 1.82) is 0 Å². The summed E-state index contributed by atoms with van der Waals surface area (Å²) in [5.41, 5.74) is 1.47. The molecule has 1 heterocycles. The molecule has 0 aliphatic heterocycles. The van der Waals surface area contributed by atoms with Gasteiger partial charge in [0, 0.05) is 17.1 Å². The molecule has 1 amide bonds. The van der Waals surface area contributed by atoms with E-state index in [0.717, 1.165) is 0 Å². The summed E-state index contributed by atoms with van der Waals surface area (Å²) in [6.45, 7) is 4.23. The van der Waals surface area contributed by atoms with Crippen molar-refractivity contribution in [3.05, 3.63) is 99.6 Å². The summed E-state index contributed by atoms with van der Waals surface area (Å²) in [6, 6.07) is 20.8. The van der Waals surface area contributed by atoms with Crippen LogP contribution >= 0.6 is 11.6 Å². The van der Waals surface area contributed by atoms with Gasteiger partial charge in [-0.2, -0.15) is 0 Å². The third kappa shape index (κ3) is 4.34. The summed E-state index contributed by atoms with van der Waals surface area (Å²) >= 11 is 6.19. The lowest BCUT2D eigenvalue weighted by atomic mass is 10.1. The average molecular weight is 462 g/mol. The van der Waals surface area contributed by atoms with Crippen molar-refractivity contribution in [2.45, 2.75) is 19.9 Å². The highest BCUT2D eigenvalue weighted by Crippen LogP contribution is 2.26. The predicted molar refractivity (Wildman–Crippen MR) is 130 cm³/mol. The van der Waals surface area contributed by atoms with E-state index in [2.05, 4.69) is 0 Å². The topological polar surface area (TPSA) is 64.4 Å². The third-order valence-corrected chi connectivity index (χ3v) is 5.89. The van der Waals surface area contributed by atoms with E-state index in [-0.39, 0.29) is 11.5 Å². The number of nitrogens with zero attached hydrogens (tertiary/aromatic N) is 3.